The first kappa shape index (κ1) is 35.6. The Morgan fingerprint density at radius 3 is 2.24 bits per heavy atom. The molecule has 1 amide bonds. The Hall–Kier alpha value is -5.24. The molecule has 0 aliphatic carbocycles. The van der Waals surface area contributed by atoms with Crippen LogP contribution in [0.2, 0.25) is 0 Å². The Labute approximate surface area is 300 Å². The maximum absolute atomic E-state index is 15.4. The molecular weight excluding hydrogens is 690 g/mol. The van der Waals surface area contributed by atoms with Gasteiger partial charge in [-0.1, -0.05) is 72.8 Å². The molecule has 5 aromatic carbocycles. The highest BCUT2D eigenvalue weighted by molar-refractivity contribution is 7.99. The predicted molar refractivity (Wildman–Crippen MR) is 199 cm³/mol. The highest BCUT2D eigenvalue weighted by Crippen LogP contribution is 2.29. The molecule has 1 aliphatic rings. The molecule has 1 heterocycles. The number of hydrogen-bond donors (Lipinski definition) is 2. The number of sulfonamides is 1. The molecule has 1 aliphatic heterocycles. The average molecular weight is 726 g/mol. The number of benzene rings is 5. The van der Waals surface area contributed by atoms with Crippen LogP contribution in [-0.2, 0) is 16.6 Å². The minimum Gasteiger partial charge on any atom is -0.379 e. The Morgan fingerprint density at radius 1 is 0.843 bits per heavy atom. The van der Waals surface area contributed by atoms with Gasteiger partial charge in [0.2, 0.25) is 0 Å². The van der Waals surface area contributed by atoms with Crippen LogP contribution in [0.15, 0.2) is 131 Å². The molecule has 262 valence electrons. The number of nitrogens with zero attached hydrogens (tertiary/aromatic N) is 3. The first-order valence-corrected chi connectivity index (χ1v) is 18.8. The second kappa shape index (κ2) is 16.2. The summed E-state index contributed by atoms with van der Waals surface area (Å²) >= 11 is 1.57. The Morgan fingerprint density at radius 2 is 1.53 bits per heavy atom. The van der Waals surface area contributed by atoms with E-state index in [4.69, 9.17) is 0 Å². The number of hydrogen-bond acceptors (Lipinski definition) is 9. The largest absolute Gasteiger partial charge is 0.379 e. The molecule has 0 aromatic heterocycles. The topological polar surface area (TPSA) is 125 Å². The van der Waals surface area contributed by atoms with E-state index in [2.05, 4.69) is 34.5 Å². The van der Waals surface area contributed by atoms with Crippen molar-refractivity contribution in [1.82, 2.24) is 9.62 Å². The van der Waals surface area contributed by atoms with Crippen molar-refractivity contribution in [2.45, 2.75) is 16.3 Å². The van der Waals surface area contributed by atoms with Crippen LogP contribution in [0.1, 0.15) is 15.9 Å². The summed E-state index contributed by atoms with van der Waals surface area (Å²) in [4.78, 5) is 28.9. The number of thioether (sulfide) groups is 1. The van der Waals surface area contributed by atoms with Crippen LogP contribution >= 0.6 is 11.8 Å². The van der Waals surface area contributed by atoms with Gasteiger partial charge in [-0.05, 0) is 59.2 Å². The van der Waals surface area contributed by atoms with Crippen LogP contribution in [0, 0.1) is 15.9 Å². The molecule has 5 aromatic rings. The van der Waals surface area contributed by atoms with Crippen molar-refractivity contribution < 1.29 is 22.5 Å². The van der Waals surface area contributed by atoms with Crippen molar-refractivity contribution in [1.29, 1.82) is 0 Å². The van der Waals surface area contributed by atoms with Crippen molar-refractivity contribution in [3.8, 4) is 11.1 Å². The number of carbonyl (C=O) groups is 1. The summed E-state index contributed by atoms with van der Waals surface area (Å²) in [6.45, 7) is 3.70. The summed E-state index contributed by atoms with van der Waals surface area (Å²) in [6.07, 6.45) is 0. The molecule has 0 spiro atoms. The second-order valence-corrected chi connectivity index (χ2v) is 14.8. The van der Waals surface area contributed by atoms with Crippen LogP contribution in [0.25, 0.3) is 11.1 Å². The third-order valence-electron chi connectivity index (χ3n) is 8.55. The zero-order valence-electron chi connectivity index (χ0n) is 27.6. The van der Waals surface area contributed by atoms with E-state index in [1.165, 1.54) is 35.4 Å². The number of rotatable bonds is 13. The third kappa shape index (κ3) is 8.92. The van der Waals surface area contributed by atoms with E-state index in [0.717, 1.165) is 29.1 Å². The maximum atomic E-state index is 15.4. The smallest absolute Gasteiger partial charge is 0.293 e. The van der Waals surface area contributed by atoms with Crippen LogP contribution in [0.3, 0.4) is 0 Å². The zero-order chi connectivity index (χ0) is 35.8. The van der Waals surface area contributed by atoms with Gasteiger partial charge in [-0.3, -0.25) is 19.8 Å². The Bertz CT molecular complexity index is 2110. The summed E-state index contributed by atoms with van der Waals surface area (Å²) < 4.78 is 43.5. The average Bonchev–Trinajstić information content (AvgIpc) is 3.14. The fourth-order valence-electron chi connectivity index (χ4n) is 5.94. The molecule has 10 nitrogen and oxygen atoms in total. The quantitative estimate of drug-likeness (QED) is 0.0569. The van der Waals surface area contributed by atoms with Crippen LogP contribution in [-0.4, -0.2) is 62.6 Å². The van der Waals surface area contributed by atoms with Gasteiger partial charge in [-0.15, -0.1) is 11.8 Å². The van der Waals surface area contributed by atoms with Gasteiger partial charge in [0.15, 0.2) is 0 Å². The summed E-state index contributed by atoms with van der Waals surface area (Å²) in [5.74, 6) is -1.09. The molecule has 2 N–H and O–H groups in total. The number of nitro groups is 1. The van der Waals surface area contributed by atoms with Gasteiger partial charge in [0.1, 0.15) is 11.5 Å². The maximum Gasteiger partial charge on any atom is 0.293 e. The first-order valence-electron chi connectivity index (χ1n) is 16.4. The van der Waals surface area contributed by atoms with Crippen LogP contribution in [0.4, 0.5) is 21.5 Å². The van der Waals surface area contributed by atoms with Gasteiger partial charge in [0.05, 0.1) is 15.5 Å². The molecule has 51 heavy (non-hydrogen) atoms. The van der Waals surface area contributed by atoms with Gasteiger partial charge in [0, 0.05) is 61.5 Å². The molecule has 0 unspecified atom stereocenters. The van der Waals surface area contributed by atoms with E-state index in [0.29, 0.717) is 44.2 Å². The molecule has 6 rings (SSSR count). The predicted octanol–water partition coefficient (Wildman–Crippen LogP) is 7.05. The fraction of sp³-hybridized carbons (Fsp3) is 0.184. The molecule has 0 radical (unpaired) electrons. The van der Waals surface area contributed by atoms with Crippen LogP contribution < -0.4 is 14.9 Å². The lowest BCUT2D eigenvalue weighted by Crippen LogP contribution is -2.46. The standard InChI is InChI=1S/C38H36FN5O5S2/c39-34-25-29(15-18-36(34)43-22-20-42(21-23-43)27-30-11-7-8-14-33(30)28-9-3-1-4-10-28)38(45)41-51(48,49)32-16-17-35(37(26-32)44(46)47)40-19-24-50-31-12-5-2-6-13-31/h1-18,25-26,40H,19-24,27H2,(H,41,45). The number of amides is 1. The molecular formula is C38H36FN5O5S2. The molecule has 0 bridgehead atoms. The fourth-order valence-corrected chi connectivity index (χ4v) is 7.72. The third-order valence-corrected chi connectivity index (χ3v) is 10.9. The van der Waals surface area contributed by atoms with E-state index < -0.39 is 37.3 Å². The molecule has 0 saturated carbocycles. The summed E-state index contributed by atoms with van der Waals surface area (Å²) in [5.41, 5.74) is 3.37. The zero-order valence-corrected chi connectivity index (χ0v) is 29.2. The summed E-state index contributed by atoms with van der Waals surface area (Å²) in [6, 6.07) is 35.4. The minimum absolute atomic E-state index is 0.148. The number of nitrogens with one attached hydrogen (secondary N) is 2. The normalized spacial score (nSPS) is 13.5. The molecule has 1 fully saturated rings. The van der Waals surface area contributed by atoms with Gasteiger partial charge in [-0.25, -0.2) is 17.5 Å². The van der Waals surface area contributed by atoms with Gasteiger partial charge >= 0.3 is 0 Å². The number of piperazine rings is 1. The van der Waals surface area contributed by atoms with E-state index >= 15 is 4.39 Å². The van der Waals surface area contributed by atoms with Crippen molar-refractivity contribution >= 4 is 44.8 Å². The SMILES string of the molecule is O=C(NS(=O)(=O)c1ccc(NCCSc2ccccc2)c([N+](=O)[O-])c1)c1ccc(N2CCN(Cc3ccccc3-c3ccccc3)CC2)c(F)c1. The molecule has 0 atom stereocenters. The van der Waals surface area contributed by atoms with Crippen LogP contribution in [0.5, 0.6) is 0 Å². The van der Waals surface area contributed by atoms with Gasteiger partial charge < -0.3 is 10.2 Å². The Balaban J connectivity index is 1.05. The monoisotopic (exact) mass is 725 g/mol. The lowest BCUT2D eigenvalue weighted by Gasteiger charge is -2.36. The van der Waals surface area contributed by atoms with Gasteiger partial charge in [-0.2, -0.15) is 0 Å². The van der Waals surface area contributed by atoms with Crippen molar-refractivity contribution in [2.24, 2.45) is 0 Å². The van der Waals surface area contributed by atoms with E-state index in [-0.39, 0.29) is 11.3 Å². The van der Waals surface area contributed by atoms with Gasteiger partial charge in [0.25, 0.3) is 21.6 Å². The lowest BCUT2D eigenvalue weighted by molar-refractivity contribution is -0.384. The molecule has 13 heteroatoms. The Kier molecular flexibility index (Phi) is 11.3. The highest BCUT2D eigenvalue weighted by Gasteiger charge is 2.25. The number of anilines is 2. The lowest BCUT2D eigenvalue weighted by atomic mass is 9.99. The van der Waals surface area contributed by atoms with E-state index in [1.54, 1.807) is 11.8 Å². The minimum atomic E-state index is -4.51. The van der Waals surface area contributed by atoms with Crippen molar-refractivity contribution in [3.63, 3.8) is 0 Å². The molecule has 1 saturated heterocycles. The number of carbonyl (C=O) groups excluding carboxylic acids is 1. The number of halogens is 1. The highest BCUT2D eigenvalue weighted by atomic mass is 32.2. The summed E-state index contributed by atoms with van der Waals surface area (Å²) in [7, 11) is -4.51. The number of nitro benzene ring substituents is 1. The van der Waals surface area contributed by atoms with Crippen molar-refractivity contribution in [3.05, 3.63) is 148 Å². The first-order chi connectivity index (χ1) is 24.7. The summed E-state index contributed by atoms with van der Waals surface area (Å²) in [5, 5.41) is 14.8. The van der Waals surface area contributed by atoms with E-state index in [9.17, 15) is 23.3 Å². The van der Waals surface area contributed by atoms with E-state index in [1.807, 2.05) is 70.3 Å². The second-order valence-electron chi connectivity index (χ2n) is 11.9. The van der Waals surface area contributed by atoms with Crippen molar-refractivity contribution in [2.75, 3.05) is 48.7 Å².